The van der Waals surface area contributed by atoms with Crippen LogP contribution in [0.2, 0.25) is 5.02 Å². The molecule has 1 aromatic rings. The summed E-state index contributed by atoms with van der Waals surface area (Å²) >= 11 is 5.75. The first kappa shape index (κ1) is 18.5. The number of carbonyl (C=O) groups excluding carboxylic acids is 1. The van der Waals surface area contributed by atoms with E-state index in [4.69, 9.17) is 22.0 Å². The molecule has 1 amide bonds. The number of aliphatic carboxylic acids is 1. The average molecular weight is 336 g/mol. The highest BCUT2D eigenvalue weighted by Crippen LogP contribution is 2.14. The van der Waals surface area contributed by atoms with E-state index in [1.807, 2.05) is 13.8 Å². The van der Waals surface area contributed by atoms with E-state index in [1.54, 1.807) is 30.3 Å². The molecule has 0 aliphatic carbocycles. The van der Waals surface area contributed by atoms with Crippen molar-refractivity contribution in [1.82, 2.24) is 5.32 Å². The van der Waals surface area contributed by atoms with Crippen LogP contribution in [0.25, 0.3) is 0 Å². The first-order valence-electron chi connectivity index (χ1n) is 6.99. The summed E-state index contributed by atoms with van der Waals surface area (Å²) in [5, 5.41) is 23.9. The summed E-state index contributed by atoms with van der Waals surface area (Å²) < 4.78 is 0. The monoisotopic (exact) mass is 335 g/mol. The lowest BCUT2D eigenvalue weighted by Gasteiger charge is -2.15. The Kier molecular flexibility index (Phi) is 7.10. The Morgan fingerprint density at radius 2 is 1.96 bits per heavy atom. The second-order valence-electron chi connectivity index (χ2n) is 5.32. The molecule has 0 aliphatic rings. The molecule has 122 valence electrons. The number of nitriles is 1. The standard InChI is InChI=1S/C16H18ClN3O3/c1-10(2)7-14(16(22)23)19-9-11(8-18)15(21)20-13-5-3-12(17)4-6-13/h3-6,9-10,14,19H,7H2,1-2H3,(H,20,21)(H,22,23)/b11-9-. The Bertz CT molecular complexity index is 633. The molecule has 1 aromatic carbocycles. The molecule has 0 radical (unpaired) electrons. The van der Waals surface area contributed by atoms with Gasteiger partial charge in [0.25, 0.3) is 5.91 Å². The number of rotatable bonds is 7. The summed E-state index contributed by atoms with van der Waals surface area (Å²) in [5.74, 6) is -1.51. The molecule has 1 rings (SSSR count). The summed E-state index contributed by atoms with van der Waals surface area (Å²) in [4.78, 5) is 23.2. The van der Waals surface area contributed by atoms with Crippen LogP contribution in [0.4, 0.5) is 5.69 Å². The van der Waals surface area contributed by atoms with Crippen molar-refractivity contribution < 1.29 is 14.7 Å². The number of hydrogen-bond donors (Lipinski definition) is 3. The van der Waals surface area contributed by atoms with Gasteiger partial charge >= 0.3 is 5.97 Å². The third kappa shape index (κ3) is 6.41. The van der Waals surface area contributed by atoms with Gasteiger partial charge in [-0.05, 0) is 36.6 Å². The first-order valence-corrected chi connectivity index (χ1v) is 7.37. The van der Waals surface area contributed by atoms with Gasteiger partial charge < -0.3 is 15.7 Å². The number of carbonyl (C=O) groups is 2. The van der Waals surface area contributed by atoms with E-state index < -0.39 is 17.9 Å². The first-order chi connectivity index (χ1) is 10.8. The Balaban J connectivity index is 2.77. The molecule has 0 heterocycles. The number of carboxylic acid groups (broad SMARTS) is 1. The number of anilines is 1. The minimum Gasteiger partial charge on any atom is -0.480 e. The molecule has 7 heteroatoms. The minimum atomic E-state index is -1.04. The van der Waals surface area contributed by atoms with Crippen LogP contribution < -0.4 is 10.6 Å². The van der Waals surface area contributed by atoms with Crippen molar-refractivity contribution in [3.63, 3.8) is 0 Å². The largest absolute Gasteiger partial charge is 0.480 e. The number of amides is 1. The van der Waals surface area contributed by atoms with Crippen molar-refractivity contribution >= 4 is 29.2 Å². The molecule has 0 bridgehead atoms. The van der Waals surface area contributed by atoms with Crippen LogP contribution in [0.1, 0.15) is 20.3 Å². The molecule has 0 aliphatic heterocycles. The predicted octanol–water partition coefficient (Wildman–Crippen LogP) is 2.77. The molecular weight excluding hydrogens is 318 g/mol. The van der Waals surface area contributed by atoms with Crippen LogP contribution in [0, 0.1) is 17.2 Å². The molecule has 0 aromatic heterocycles. The van der Waals surface area contributed by atoms with E-state index in [1.165, 1.54) is 0 Å². The molecule has 0 saturated heterocycles. The van der Waals surface area contributed by atoms with E-state index >= 15 is 0 Å². The van der Waals surface area contributed by atoms with Crippen LogP contribution in [-0.2, 0) is 9.59 Å². The fourth-order valence-corrected chi connectivity index (χ4v) is 1.90. The molecular formula is C16H18ClN3O3. The van der Waals surface area contributed by atoms with Gasteiger partial charge in [-0.25, -0.2) is 4.79 Å². The molecule has 6 nitrogen and oxygen atoms in total. The van der Waals surface area contributed by atoms with Gasteiger partial charge in [0.2, 0.25) is 0 Å². The van der Waals surface area contributed by atoms with Crippen LogP contribution in [0.5, 0.6) is 0 Å². The molecule has 0 fully saturated rings. The maximum atomic E-state index is 12.0. The summed E-state index contributed by atoms with van der Waals surface area (Å²) in [6, 6.07) is 7.30. The summed E-state index contributed by atoms with van der Waals surface area (Å²) in [6.45, 7) is 3.78. The quantitative estimate of drug-likeness (QED) is 0.525. The van der Waals surface area contributed by atoms with Crippen LogP contribution in [-0.4, -0.2) is 23.0 Å². The summed E-state index contributed by atoms with van der Waals surface area (Å²) in [7, 11) is 0. The highest BCUT2D eigenvalue weighted by Gasteiger charge is 2.18. The SMILES string of the molecule is CC(C)CC(N/C=C(/C#N)C(=O)Nc1ccc(Cl)cc1)C(=O)O. The maximum Gasteiger partial charge on any atom is 0.326 e. The second-order valence-corrected chi connectivity index (χ2v) is 5.75. The molecule has 3 N–H and O–H groups in total. The zero-order chi connectivity index (χ0) is 17.4. The Morgan fingerprint density at radius 3 is 2.43 bits per heavy atom. The number of hydrogen-bond acceptors (Lipinski definition) is 4. The number of nitrogens with zero attached hydrogens (tertiary/aromatic N) is 1. The maximum absolute atomic E-state index is 12.0. The summed E-state index contributed by atoms with van der Waals surface area (Å²) in [5.41, 5.74) is 0.271. The fraction of sp³-hybridized carbons (Fsp3) is 0.312. The van der Waals surface area contributed by atoms with Gasteiger partial charge in [-0.1, -0.05) is 25.4 Å². The van der Waals surface area contributed by atoms with Gasteiger partial charge in [0.1, 0.15) is 17.7 Å². The van der Waals surface area contributed by atoms with E-state index in [9.17, 15) is 9.59 Å². The molecule has 0 saturated carbocycles. The van der Waals surface area contributed by atoms with E-state index in [2.05, 4.69) is 10.6 Å². The average Bonchev–Trinajstić information content (AvgIpc) is 2.48. The van der Waals surface area contributed by atoms with Crippen molar-refractivity contribution in [2.75, 3.05) is 5.32 Å². The topological polar surface area (TPSA) is 102 Å². The third-order valence-electron chi connectivity index (χ3n) is 2.90. The third-order valence-corrected chi connectivity index (χ3v) is 3.15. The highest BCUT2D eigenvalue weighted by molar-refractivity contribution is 6.30. The second kappa shape index (κ2) is 8.81. The van der Waals surface area contributed by atoms with Crippen molar-refractivity contribution in [3.8, 4) is 6.07 Å². The van der Waals surface area contributed by atoms with Gasteiger partial charge in [0.05, 0.1) is 0 Å². The number of carboxylic acids is 1. The number of halogens is 1. The lowest BCUT2D eigenvalue weighted by atomic mass is 10.0. The van der Waals surface area contributed by atoms with Crippen LogP contribution >= 0.6 is 11.6 Å². The lowest BCUT2D eigenvalue weighted by molar-refractivity contribution is -0.139. The lowest BCUT2D eigenvalue weighted by Crippen LogP contribution is -2.35. The molecule has 1 atom stereocenters. The minimum absolute atomic E-state index is 0.158. The fourth-order valence-electron chi connectivity index (χ4n) is 1.78. The van der Waals surface area contributed by atoms with Crippen LogP contribution in [0.3, 0.4) is 0 Å². The Morgan fingerprint density at radius 1 is 1.35 bits per heavy atom. The van der Waals surface area contributed by atoms with Gasteiger partial charge in [-0.2, -0.15) is 5.26 Å². The van der Waals surface area contributed by atoms with Gasteiger partial charge in [0.15, 0.2) is 0 Å². The number of nitrogens with one attached hydrogen (secondary N) is 2. The molecule has 23 heavy (non-hydrogen) atoms. The zero-order valence-corrected chi connectivity index (χ0v) is 13.6. The predicted molar refractivity (Wildman–Crippen MR) is 87.8 cm³/mol. The van der Waals surface area contributed by atoms with Crippen molar-refractivity contribution in [1.29, 1.82) is 5.26 Å². The molecule has 0 spiro atoms. The smallest absolute Gasteiger partial charge is 0.326 e. The van der Waals surface area contributed by atoms with Gasteiger partial charge in [-0.15, -0.1) is 0 Å². The highest BCUT2D eigenvalue weighted by atomic mass is 35.5. The van der Waals surface area contributed by atoms with Gasteiger partial charge in [-0.3, -0.25) is 4.79 Å². The molecule has 1 unspecified atom stereocenters. The Labute approximate surface area is 139 Å². The van der Waals surface area contributed by atoms with Gasteiger partial charge in [0, 0.05) is 16.9 Å². The van der Waals surface area contributed by atoms with E-state index in [0.29, 0.717) is 17.1 Å². The summed E-state index contributed by atoms with van der Waals surface area (Å²) in [6.07, 6.45) is 1.51. The number of benzene rings is 1. The van der Waals surface area contributed by atoms with Crippen molar-refractivity contribution in [2.24, 2.45) is 5.92 Å². The van der Waals surface area contributed by atoms with E-state index in [-0.39, 0.29) is 11.5 Å². The normalized spacial score (nSPS) is 12.4. The Hall–Kier alpha value is -2.52. The van der Waals surface area contributed by atoms with Crippen molar-refractivity contribution in [2.45, 2.75) is 26.3 Å². The van der Waals surface area contributed by atoms with Crippen molar-refractivity contribution in [3.05, 3.63) is 41.1 Å². The van der Waals surface area contributed by atoms with Crippen LogP contribution in [0.15, 0.2) is 36.0 Å². The zero-order valence-electron chi connectivity index (χ0n) is 12.8. The van der Waals surface area contributed by atoms with E-state index in [0.717, 1.165) is 6.20 Å².